The maximum absolute atomic E-state index is 13.3. The Morgan fingerprint density at radius 2 is 1.77 bits per heavy atom. The Labute approximate surface area is 177 Å². The van der Waals surface area contributed by atoms with Crippen molar-refractivity contribution in [1.82, 2.24) is 10.2 Å². The number of fused-ring (bicyclic) bond motifs is 1. The fourth-order valence-corrected chi connectivity index (χ4v) is 5.02. The number of aryl methyl sites for hydroxylation is 1. The van der Waals surface area contributed by atoms with Gasteiger partial charge in [-0.15, -0.1) is 0 Å². The van der Waals surface area contributed by atoms with Crippen LogP contribution in [0.25, 0.3) is 0 Å². The van der Waals surface area contributed by atoms with Crippen molar-refractivity contribution < 1.29 is 24.6 Å². The molecule has 1 saturated heterocycles. The molecular formula is C23H32N2O5. The number of amides is 1. The molecule has 3 rings (SSSR count). The number of aliphatic carboxylic acids is 2. The van der Waals surface area contributed by atoms with Gasteiger partial charge < -0.3 is 15.1 Å². The molecule has 0 spiro atoms. The fraction of sp³-hybridized carbons (Fsp3) is 0.609. The van der Waals surface area contributed by atoms with Gasteiger partial charge in [-0.05, 0) is 56.9 Å². The zero-order valence-corrected chi connectivity index (χ0v) is 17.5. The number of benzene rings is 1. The number of likely N-dealkylation sites (tertiary alicyclic amines) is 1. The van der Waals surface area contributed by atoms with Gasteiger partial charge in [0.25, 0.3) is 0 Å². The number of hydrogen-bond acceptors (Lipinski definition) is 4. The Kier molecular flexibility index (Phi) is 7.48. The summed E-state index contributed by atoms with van der Waals surface area (Å²) < 4.78 is 0. The predicted molar refractivity (Wildman–Crippen MR) is 112 cm³/mol. The Hall–Kier alpha value is -2.41. The van der Waals surface area contributed by atoms with Gasteiger partial charge in [0.15, 0.2) is 0 Å². The Morgan fingerprint density at radius 1 is 1.07 bits per heavy atom. The number of carboxylic acids is 2. The van der Waals surface area contributed by atoms with Crippen LogP contribution in [0.15, 0.2) is 30.3 Å². The Morgan fingerprint density at radius 3 is 2.43 bits per heavy atom. The smallest absolute Gasteiger partial charge is 0.326 e. The van der Waals surface area contributed by atoms with E-state index in [0.29, 0.717) is 25.2 Å². The first-order valence-electron chi connectivity index (χ1n) is 11.0. The summed E-state index contributed by atoms with van der Waals surface area (Å²) in [5.74, 6) is -1.93. The summed E-state index contributed by atoms with van der Waals surface area (Å²) in [6, 6.07) is 7.11. The maximum Gasteiger partial charge on any atom is 0.326 e. The fourth-order valence-electron chi connectivity index (χ4n) is 5.02. The van der Waals surface area contributed by atoms with E-state index in [1.54, 1.807) is 11.8 Å². The van der Waals surface area contributed by atoms with E-state index in [9.17, 15) is 24.6 Å². The summed E-state index contributed by atoms with van der Waals surface area (Å²) >= 11 is 0. The molecule has 1 saturated carbocycles. The van der Waals surface area contributed by atoms with Gasteiger partial charge in [0.1, 0.15) is 12.1 Å². The first kappa shape index (κ1) is 22.3. The second-order valence-electron chi connectivity index (χ2n) is 8.59. The van der Waals surface area contributed by atoms with Gasteiger partial charge >= 0.3 is 11.9 Å². The van der Waals surface area contributed by atoms with Gasteiger partial charge in [-0.2, -0.15) is 0 Å². The van der Waals surface area contributed by atoms with E-state index in [1.165, 1.54) is 0 Å². The minimum atomic E-state index is -1.01. The molecule has 1 aliphatic heterocycles. The van der Waals surface area contributed by atoms with Crippen molar-refractivity contribution in [2.45, 2.75) is 82.5 Å². The van der Waals surface area contributed by atoms with Crippen LogP contribution in [0.4, 0.5) is 0 Å². The predicted octanol–water partition coefficient (Wildman–Crippen LogP) is 2.68. The average molecular weight is 417 g/mol. The van der Waals surface area contributed by atoms with Crippen molar-refractivity contribution >= 4 is 17.8 Å². The molecule has 30 heavy (non-hydrogen) atoms. The number of nitrogens with one attached hydrogen (secondary N) is 1. The second kappa shape index (κ2) is 10.1. The van der Waals surface area contributed by atoms with E-state index < -0.39 is 30.1 Å². The molecule has 1 aromatic carbocycles. The third-order valence-corrected chi connectivity index (χ3v) is 6.60. The normalized spacial score (nSPS) is 25.8. The van der Waals surface area contributed by atoms with E-state index >= 15 is 0 Å². The molecule has 2 aliphatic rings. The maximum atomic E-state index is 13.3. The van der Waals surface area contributed by atoms with Crippen molar-refractivity contribution in [3.05, 3.63) is 35.9 Å². The van der Waals surface area contributed by atoms with Crippen LogP contribution >= 0.6 is 0 Å². The van der Waals surface area contributed by atoms with Crippen molar-refractivity contribution in [2.24, 2.45) is 5.92 Å². The van der Waals surface area contributed by atoms with Gasteiger partial charge in [0.05, 0.1) is 6.04 Å². The molecule has 1 aliphatic carbocycles. The molecule has 1 amide bonds. The van der Waals surface area contributed by atoms with E-state index in [-0.39, 0.29) is 11.9 Å². The summed E-state index contributed by atoms with van der Waals surface area (Å²) in [6.07, 6.45) is 6.20. The quantitative estimate of drug-likeness (QED) is 0.602. The highest BCUT2D eigenvalue weighted by Gasteiger charge is 2.45. The van der Waals surface area contributed by atoms with Gasteiger partial charge in [0.2, 0.25) is 5.91 Å². The highest BCUT2D eigenvalue weighted by Crippen LogP contribution is 2.38. The Balaban J connectivity index is 1.69. The summed E-state index contributed by atoms with van der Waals surface area (Å²) in [5, 5.41) is 22.3. The third kappa shape index (κ3) is 5.19. The summed E-state index contributed by atoms with van der Waals surface area (Å²) in [5.41, 5.74) is 1.04. The number of carboxylic acid groups (broad SMARTS) is 2. The molecule has 7 heteroatoms. The first-order valence-corrected chi connectivity index (χ1v) is 11.0. The lowest BCUT2D eigenvalue weighted by atomic mass is 9.76. The lowest BCUT2D eigenvalue weighted by molar-refractivity contribution is -0.159. The van der Waals surface area contributed by atoms with Crippen molar-refractivity contribution in [3.63, 3.8) is 0 Å². The minimum Gasteiger partial charge on any atom is -0.480 e. The van der Waals surface area contributed by atoms with Crippen molar-refractivity contribution in [3.8, 4) is 0 Å². The molecule has 1 heterocycles. The number of piperidine rings is 1. The molecule has 0 bridgehead atoms. The van der Waals surface area contributed by atoms with Crippen LogP contribution < -0.4 is 5.32 Å². The van der Waals surface area contributed by atoms with E-state index in [0.717, 1.165) is 37.7 Å². The average Bonchev–Trinajstić information content (AvgIpc) is 2.75. The topological polar surface area (TPSA) is 107 Å². The summed E-state index contributed by atoms with van der Waals surface area (Å²) in [4.78, 5) is 38.5. The number of carbonyl (C=O) groups excluding carboxylic acids is 1. The van der Waals surface area contributed by atoms with Crippen LogP contribution in [0.5, 0.6) is 0 Å². The lowest BCUT2D eigenvalue weighted by Gasteiger charge is -2.48. The van der Waals surface area contributed by atoms with Crippen LogP contribution in [-0.4, -0.2) is 57.1 Å². The SMILES string of the molecule is C[C@H](NC(CCc1ccccc1)C(=O)O)C(=O)N1C2CCCCC2CC[C@H]1C(=O)O. The molecule has 1 aromatic rings. The van der Waals surface area contributed by atoms with E-state index in [4.69, 9.17) is 0 Å². The Bertz CT molecular complexity index is 753. The van der Waals surface area contributed by atoms with Crippen LogP contribution in [-0.2, 0) is 20.8 Å². The molecule has 5 atom stereocenters. The van der Waals surface area contributed by atoms with Crippen LogP contribution in [0.3, 0.4) is 0 Å². The molecule has 164 valence electrons. The van der Waals surface area contributed by atoms with Crippen LogP contribution in [0.1, 0.15) is 57.4 Å². The summed E-state index contributed by atoms with van der Waals surface area (Å²) in [7, 11) is 0. The van der Waals surface area contributed by atoms with Crippen molar-refractivity contribution in [1.29, 1.82) is 0 Å². The zero-order chi connectivity index (χ0) is 21.7. The number of hydrogen-bond donors (Lipinski definition) is 3. The number of nitrogens with zero attached hydrogens (tertiary/aromatic N) is 1. The standard InChI is InChI=1S/C23H32N2O5/c1-15(24-18(22(27)28)13-11-16-7-3-2-4-8-16)21(26)25-19-10-6-5-9-17(19)12-14-20(25)23(29)30/h2-4,7-8,15,17-20,24H,5-6,9-14H2,1H3,(H,27,28)(H,29,30)/t15-,17?,18?,19?,20-/m0/s1. The van der Waals surface area contributed by atoms with Crippen molar-refractivity contribution in [2.75, 3.05) is 0 Å². The highest BCUT2D eigenvalue weighted by molar-refractivity contribution is 5.88. The van der Waals surface area contributed by atoms with Gasteiger partial charge in [-0.25, -0.2) is 4.79 Å². The van der Waals surface area contributed by atoms with Gasteiger partial charge in [0, 0.05) is 6.04 Å². The highest BCUT2D eigenvalue weighted by atomic mass is 16.4. The molecule has 3 unspecified atom stereocenters. The number of carbonyl (C=O) groups is 3. The molecule has 7 nitrogen and oxygen atoms in total. The molecule has 0 radical (unpaired) electrons. The molecule has 3 N–H and O–H groups in total. The summed E-state index contributed by atoms with van der Waals surface area (Å²) in [6.45, 7) is 1.64. The molecule has 0 aromatic heterocycles. The monoisotopic (exact) mass is 416 g/mol. The number of rotatable bonds is 8. The van der Waals surface area contributed by atoms with E-state index in [1.807, 2.05) is 30.3 Å². The zero-order valence-electron chi connectivity index (χ0n) is 17.5. The third-order valence-electron chi connectivity index (χ3n) is 6.60. The lowest BCUT2D eigenvalue weighted by Crippen LogP contribution is -2.62. The second-order valence-corrected chi connectivity index (χ2v) is 8.59. The van der Waals surface area contributed by atoms with Gasteiger partial charge in [-0.1, -0.05) is 43.2 Å². The minimum absolute atomic E-state index is 0.0575. The van der Waals surface area contributed by atoms with Crippen LogP contribution in [0, 0.1) is 5.92 Å². The largest absolute Gasteiger partial charge is 0.480 e. The van der Waals surface area contributed by atoms with E-state index in [2.05, 4.69) is 5.32 Å². The molecule has 2 fully saturated rings. The first-order chi connectivity index (χ1) is 14.4. The molecular weight excluding hydrogens is 384 g/mol. The van der Waals surface area contributed by atoms with Gasteiger partial charge in [-0.3, -0.25) is 14.9 Å². The van der Waals surface area contributed by atoms with Crippen LogP contribution in [0.2, 0.25) is 0 Å².